The molecule has 0 saturated heterocycles. The summed E-state index contributed by atoms with van der Waals surface area (Å²) < 4.78 is 38.1. The molecular weight excluding hydrogens is 366 g/mol. The minimum Gasteiger partial charge on any atom is -0.491 e. The van der Waals surface area contributed by atoms with E-state index in [4.69, 9.17) is 4.74 Å². The zero-order valence-corrected chi connectivity index (χ0v) is 15.7. The number of hydrogen-bond acceptors (Lipinski definition) is 4. The molecule has 0 fully saturated rings. The van der Waals surface area contributed by atoms with Crippen molar-refractivity contribution < 1.29 is 22.5 Å². The smallest absolute Gasteiger partial charge is 0.295 e. The van der Waals surface area contributed by atoms with Crippen LogP contribution in [-0.2, 0) is 10.1 Å². The molecule has 6 nitrogen and oxygen atoms in total. The highest BCUT2D eigenvalue weighted by Gasteiger charge is 2.17. The number of carbonyl (C=O) groups is 1. The van der Waals surface area contributed by atoms with Crippen LogP contribution in [0.2, 0.25) is 0 Å². The van der Waals surface area contributed by atoms with Gasteiger partial charge in [0.1, 0.15) is 10.6 Å². The third kappa shape index (κ3) is 4.27. The maximum absolute atomic E-state index is 12.6. The van der Waals surface area contributed by atoms with Crippen LogP contribution in [0.4, 0.5) is 5.69 Å². The van der Waals surface area contributed by atoms with E-state index < -0.39 is 10.1 Å². The molecule has 3 rings (SSSR count). The lowest BCUT2D eigenvalue weighted by Crippen LogP contribution is -2.13. The van der Waals surface area contributed by atoms with Gasteiger partial charge in [-0.25, -0.2) is 0 Å². The fourth-order valence-electron chi connectivity index (χ4n) is 2.76. The number of hydrogen-bond donors (Lipinski definition) is 2. The minimum atomic E-state index is -4.37. The first-order valence-corrected chi connectivity index (χ1v) is 9.77. The summed E-state index contributed by atoms with van der Waals surface area (Å²) >= 11 is 0. The van der Waals surface area contributed by atoms with Crippen molar-refractivity contribution in [2.45, 2.75) is 24.8 Å². The van der Waals surface area contributed by atoms with Gasteiger partial charge >= 0.3 is 0 Å². The van der Waals surface area contributed by atoms with E-state index in [0.717, 1.165) is 0 Å². The maximum Gasteiger partial charge on any atom is 0.295 e. The monoisotopic (exact) mass is 385 g/mol. The van der Waals surface area contributed by atoms with Crippen LogP contribution in [0.25, 0.3) is 10.8 Å². The van der Waals surface area contributed by atoms with Crippen molar-refractivity contribution in [2.24, 2.45) is 0 Å². The second kappa shape index (κ2) is 7.38. The number of rotatable bonds is 5. The Bertz CT molecular complexity index is 1090. The van der Waals surface area contributed by atoms with Gasteiger partial charge in [-0.1, -0.05) is 24.3 Å². The fourth-order valence-corrected chi connectivity index (χ4v) is 3.45. The van der Waals surface area contributed by atoms with Gasteiger partial charge in [-0.3, -0.25) is 9.35 Å². The number of anilines is 1. The predicted octanol–water partition coefficient (Wildman–Crippen LogP) is 4.13. The van der Waals surface area contributed by atoms with Crippen LogP contribution >= 0.6 is 0 Å². The molecule has 0 heterocycles. The molecule has 0 saturated carbocycles. The summed E-state index contributed by atoms with van der Waals surface area (Å²) in [6, 6.07) is 16.1. The van der Waals surface area contributed by atoms with Gasteiger partial charge in [0.15, 0.2) is 0 Å². The van der Waals surface area contributed by atoms with Gasteiger partial charge in [-0.15, -0.1) is 0 Å². The molecule has 0 spiro atoms. The van der Waals surface area contributed by atoms with E-state index >= 15 is 0 Å². The molecule has 3 aromatic rings. The summed E-state index contributed by atoms with van der Waals surface area (Å²) in [6.07, 6.45) is 0.0392. The molecule has 2 N–H and O–H groups in total. The maximum atomic E-state index is 12.6. The zero-order valence-electron chi connectivity index (χ0n) is 14.8. The fraction of sp³-hybridized carbons (Fsp3) is 0.150. The molecule has 0 radical (unpaired) electrons. The number of amides is 1. The Morgan fingerprint density at radius 3 is 2.19 bits per heavy atom. The molecular formula is C20H19NO5S. The van der Waals surface area contributed by atoms with Gasteiger partial charge in [-0.05, 0) is 50.2 Å². The van der Waals surface area contributed by atoms with Crippen LogP contribution in [0.3, 0.4) is 0 Å². The van der Waals surface area contributed by atoms with Gasteiger partial charge in [0.05, 0.1) is 6.10 Å². The van der Waals surface area contributed by atoms with E-state index in [1.54, 1.807) is 48.5 Å². The Balaban J connectivity index is 1.92. The molecule has 0 unspecified atom stereocenters. The van der Waals surface area contributed by atoms with Crippen LogP contribution in [0, 0.1) is 0 Å². The second-order valence-corrected chi connectivity index (χ2v) is 7.67. The quantitative estimate of drug-likeness (QED) is 0.644. The minimum absolute atomic E-state index is 0.0392. The zero-order chi connectivity index (χ0) is 19.6. The summed E-state index contributed by atoms with van der Waals surface area (Å²) in [5.41, 5.74) is 0.888. The Hall–Kier alpha value is -2.90. The Morgan fingerprint density at radius 1 is 0.963 bits per heavy atom. The first-order chi connectivity index (χ1) is 12.8. The highest BCUT2D eigenvalue weighted by atomic mass is 32.2. The van der Waals surface area contributed by atoms with Crippen LogP contribution < -0.4 is 10.1 Å². The summed E-state index contributed by atoms with van der Waals surface area (Å²) in [5.74, 6) is 0.334. The van der Waals surface area contributed by atoms with Gasteiger partial charge in [-0.2, -0.15) is 8.42 Å². The topological polar surface area (TPSA) is 92.7 Å². The van der Waals surface area contributed by atoms with E-state index in [1.807, 2.05) is 13.8 Å². The molecule has 0 aliphatic heterocycles. The van der Waals surface area contributed by atoms with E-state index in [-0.39, 0.29) is 16.9 Å². The van der Waals surface area contributed by atoms with E-state index in [0.29, 0.717) is 27.8 Å². The molecule has 0 aliphatic rings. The highest BCUT2D eigenvalue weighted by Crippen LogP contribution is 2.29. The second-order valence-electron chi connectivity index (χ2n) is 6.28. The van der Waals surface area contributed by atoms with Gasteiger partial charge < -0.3 is 10.1 Å². The molecule has 1 amide bonds. The van der Waals surface area contributed by atoms with Gasteiger partial charge in [0.25, 0.3) is 16.0 Å². The first kappa shape index (κ1) is 18.9. The van der Waals surface area contributed by atoms with Crippen LogP contribution in [0.1, 0.15) is 24.2 Å². The summed E-state index contributed by atoms with van der Waals surface area (Å²) in [6.45, 7) is 3.84. The lowest BCUT2D eigenvalue weighted by Gasteiger charge is -2.12. The first-order valence-electron chi connectivity index (χ1n) is 8.33. The summed E-state index contributed by atoms with van der Waals surface area (Å²) in [4.78, 5) is 12.4. The largest absolute Gasteiger partial charge is 0.491 e. The molecule has 0 aromatic heterocycles. The van der Waals surface area contributed by atoms with Gasteiger partial charge in [0.2, 0.25) is 0 Å². The van der Waals surface area contributed by atoms with Crippen molar-refractivity contribution in [2.75, 3.05) is 5.32 Å². The third-order valence-electron chi connectivity index (χ3n) is 3.90. The molecule has 3 aromatic carbocycles. The lowest BCUT2D eigenvalue weighted by molar-refractivity contribution is 0.102. The van der Waals surface area contributed by atoms with Crippen molar-refractivity contribution in [3.05, 3.63) is 66.2 Å². The molecule has 7 heteroatoms. The van der Waals surface area contributed by atoms with Crippen LogP contribution in [0.15, 0.2) is 65.6 Å². The molecule has 140 valence electrons. The Kier molecular flexibility index (Phi) is 5.16. The van der Waals surface area contributed by atoms with Crippen molar-refractivity contribution in [1.29, 1.82) is 0 Å². The predicted molar refractivity (Wildman–Crippen MR) is 104 cm³/mol. The standard InChI is InChI=1S/C20H19NO5S/c1-13(2)26-15-9-7-14(8-10-15)20(22)21-18-11-12-19(27(23,24)25)17-6-4-3-5-16(17)18/h3-13H,1-2H3,(H,21,22)(H,23,24,25). The van der Waals surface area contributed by atoms with Crippen molar-refractivity contribution in [3.8, 4) is 5.75 Å². The van der Waals surface area contributed by atoms with Crippen molar-refractivity contribution in [1.82, 2.24) is 0 Å². The lowest BCUT2D eigenvalue weighted by atomic mass is 10.1. The normalized spacial score (nSPS) is 11.6. The van der Waals surface area contributed by atoms with E-state index in [9.17, 15) is 17.8 Å². The van der Waals surface area contributed by atoms with Crippen LogP contribution in [-0.4, -0.2) is 25.0 Å². The average molecular weight is 385 g/mol. The third-order valence-corrected chi connectivity index (χ3v) is 4.81. The molecule has 27 heavy (non-hydrogen) atoms. The summed E-state index contributed by atoms with van der Waals surface area (Å²) in [7, 11) is -4.37. The van der Waals surface area contributed by atoms with Crippen molar-refractivity contribution >= 4 is 32.5 Å². The number of benzene rings is 3. The number of nitrogens with one attached hydrogen (secondary N) is 1. The average Bonchev–Trinajstić information content (AvgIpc) is 2.61. The Labute approximate surface area is 157 Å². The van der Waals surface area contributed by atoms with E-state index in [2.05, 4.69) is 5.32 Å². The number of carbonyl (C=O) groups excluding carboxylic acids is 1. The van der Waals surface area contributed by atoms with Crippen molar-refractivity contribution in [3.63, 3.8) is 0 Å². The number of ether oxygens (including phenoxy) is 1. The highest BCUT2D eigenvalue weighted by molar-refractivity contribution is 7.86. The van der Waals surface area contributed by atoms with Gasteiger partial charge in [0, 0.05) is 22.0 Å². The summed E-state index contributed by atoms with van der Waals surface area (Å²) in [5, 5.41) is 3.63. The molecule has 0 bridgehead atoms. The Morgan fingerprint density at radius 2 is 1.59 bits per heavy atom. The van der Waals surface area contributed by atoms with E-state index in [1.165, 1.54) is 12.1 Å². The SMILES string of the molecule is CC(C)Oc1ccc(C(=O)Nc2ccc(S(=O)(=O)O)c3ccccc23)cc1. The van der Waals surface area contributed by atoms with Crippen LogP contribution in [0.5, 0.6) is 5.75 Å². The number of fused-ring (bicyclic) bond motifs is 1. The molecule has 0 aliphatic carbocycles. The molecule has 0 atom stereocenters.